The molecule has 0 N–H and O–H groups in total. The number of hydrogen-bond acceptors (Lipinski definition) is 0. The van der Waals surface area contributed by atoms with Gasteiger partial charge in [0.1, 0.15) is 0 Å². The molecule has 0 radical (unpaired) electrons. The smallest absolute Gasteiger partial charge is 0.00955 e. The van der Waals surface area contributed by atoms with Gasteiger partial charge in [-0.3, -0.25) is 0 Å². The number of hydrogen-bond donors (Lipinski definition) is 0. The predicted molar refractivity (Wildman–Crippen MR) is 53.0 cm³/mol. The molecule has 2 aliphatic carbocycles. The van der Waals surface area contributed by atoms with Crippen molar-refractivity contribution in [3.05, 3.63) is 23.3 Å². The van der Waals surface area contributed by atoms with Gasteiger partial charge in [0, 0.05) is 0 Å². The van der Waals surface area contributed by atoms with Crippen LogP contribution in [0, 0.1) is 10.8 Å². The van der Waals surface area contributed by atoms with Gasteiger partial charge in [0.2, 0.25) is 0 Å². The van der Waals surface area contributed by atoms with Crippen molar-refractivity contribution < 1.29 is 0 Å². The van der Waals surface area contributed by atoms with Crippen LogP contribution in [0.4, 0.5) is 0 Å². The third-order valence-corrected chi connectivity index (χ3v) is 3.28. The fourth-order valence-corrected chi connectivity index (χ4v) is 3.09. The summed E-state index contributed by atoms with van der Waals surface area (Å²) in [6.07, 6.45) is 7.28. The van der Waals surface area contributed by atoms with Crippen LogP contribution in [0.1, 0.15) is 40.5 Å². The first-order chi connectivity index (χ1) is 5.43. The maximum absolute atomic E-state index is 2.41. The largest absolute Gasteiger partial charge is 0.0767 e. The van der Waals surface area contributed by atoms with Gasteiger partial charge in [0.15, 0.2) is 0 Å². The third-order valence-electron chi connectivity index (χ3n) is 3.28. The molecule has 1 fully saturated rings. The molecule has 0 aromatic rings. The topological polar surface area (TPSA) is 0 Å². The van der Waals surface area contributed by atoms with Crippen LogP contribution in [0.15, 0.2) is 23.3 Å². The second-order valence-corrected chi connectivity index (χ2v) is 5.42. The molecule has 0 bridgehead atoms. The lowest BCUT2D eigenvalue weighted by Gasteiger charge is -2.21. The van der Waals surface area contributed by atoms with Gasteiger partial charge in [-0.15, -0.1) is 0 Å². The Kier molecular flexibility index (Phi) is 1.38. The zero-order chi connectivity index (χ0) is 8.98. The van der Waals surface area contributed by atoms with E-state index >= 15 is 0 Å². The minimum absolute atomic E-state index is 0.422. The van der Waals surface area contributed by atoms with Gasteiger partial charge < -0.3 is 0 Å². The summed E-state index contributed by atoms with van der Waals surface area (Å²) >= 11 is 0. The summed E-state index contributed by atoms with van der Waals surface area (Å²) in [4.78, 5) is 0. The minimum Gasteiger partial charge on any atom is -0.0767 e. The zero-order valence-electron chi connectivity index (χ0n) is 8.57. The lowest BCUT2D eigenvalue weighted by molar-refractivity contribution is 0.337. The molecule has 66 valence electrons. The first-order valence-corrected chi connectivity index (χ1v) is 4.85. The van der Waals surface area contributed by atoms with Crippen LogP contribution in [0.2, 0.25) is 0 Å². The SMILES string of the molecule is CC1(C)CC(C)(C)C2=CCC=C21. The van der Waals surface area contributed by atoms with Crippen LogP contribution in [-0.4, -0.2) is 0 Å². The van der Waals surface area contributed by atoms with E-state index in [1.807, 2.05) is 0 Å². The van der Waals surface area contributed by atoms with E-state index in [2.05, 4.69) is 39.8 Å². The Morgan fingerprint density at radius 2 is 1.33 bits per heavy atom. The Morgan fingerprint density at radius 1 is 0.917 bits per heavy atom. The Bertz CT molecular complexity index is 246. The maximum atomic E-state index is 2.41. The van der Waals surface area contributed by atoms with Gasteiger partial charge in [-0.2, -0.15) is 0 Å². The van der Waals surface area contributed by atoms with Crippen molar-refractivity contribution in [2.24, 2.45) is 10.8 Å². The molecule has 2 rings (SSSR count). The molecule has 0 heteroatoms. The molecule has 0 aromatic carbocycles. The number of fused-ring (bicyclic) bond motifs is 1. The average molecular weight is 162 g/mol. The van der Waals surface area contributed by atoms with Crippen LogP contribution in [0.25, 0.3) is 0 Å². The van der Waals surface area contributed by atoms with E-state index in [0.29, 0.717) is 10.8 Å². The fraction of sp³-hybridized carbons (Fsp3) is 0.667. The number of allylic oxidation sites excluding steroid dienone is 4. The monoisotopic (exact) mass is 162 g/mol. The van der Waals surface area contributed by atoms with Crippen molar-refractivity contribution in [2.45, 2.75) is 40.5 Å². The summed E-state index contributed by atoms with van der Waals surface area (Å²) in [5.41, 5.74) is 4.08. The van der Waals surface area contributed by atoms with Gasteiger partial charge in [-0.05, 0) is 34.8 Å². The molecule has 0 nitrogen and oxygen atoms in total. The molecule has 0 heterocycles. The molecule has 0 unspecified atom stereocenters. The Balaban J connectivity index is 2.50. The maximum Gasteiger partial charge on any atom is -0.00955 e. The van der Waals surface area contributed by atoms with Gasteiger partial charge in [-0.25, -0.2) is 0 Å². The summed E-state index contributed by atoms with van der Waals surface area (Å²) < 4.78 is 0. The lowest BCUT2D eigenvalue weighted by Crippen LogP contribution is -2.11. The summed E-state index contributed by atoms with van der Waals surface area (Å²) in [7, 11) is 0. The van der Waals surface area contributed by atoms with Gasteiger partial charge in [0.05, 0.1) is 0 Å². The normalized spacial score (nSPS) is 29.7. The molecule has 0 spiro atoms. The highest BCUT2D eigenvalue weighted by Gasteiger charge is 2.45. The first kappa shape index (κ1) is 8.10. The fourth-order valence-electron chi connectivity index (χ4n) is 3.09. The highest BCUT2D eigenvalue weighted by atomic mass is 14.5. The number of rotatable bonds is 0. The van der Waals surface area contributed by atoms with E-state index < -0.39 is 0 Å². The summed E-state index contributed by atoms with van der Waals surface area (Å²) in [6.45, 7) is 9.47. The molecule has 1 saturated carbocycles. The highest BCUT2D eigenvalue weighted by Crippen LogP contribution is 2.57. The summed E-state index contributed by atoms with van der Waals surface area (Å²) in [6, 6.07) is 0. The lowest BCUT2D eigenvalue weighted by atomic mass is 9.83. The molecular formula is C12H18. The van der Waals surface area contributed by atoms with Crippen LogP contribution in [0.3, 0.4) is 0 Å². The molecule has 0 aromatic heterocycles. The highest BCUT2D eigenvalue weighted by molar-refractivity contribution is 5.49. The van der Waals surface area contributed by atoms with Crippen molar-refractivity contribution in [1.29, 1.82) is 0 Å². The van der Waals surface area contributed by atoms with E-state index in [1.165, 1.54) is 6.42 Å². The van der Waals surface area contributed by atoms with Crippen molar-refractivity contribution in [3.8, 4) is 0 Å². The standard InChI is InChI=1S/C12H18/c1-11(2)8-12(3,4)10-7-5-6-9(10)11/h6-7H,5,8H2,1-4H3. The van der Waals surface area contributed by atoms with Crippen LogP contribution in [0.5, 0.6) is 0 Å². The van der Waals surface area contributed by atoms with Gasteiger partial charge in [0.25, 0.3) is 0 Å². The van der Waals surface area contributed by atoms with E-state index in [4.69, 9.17) is 0 Å². The third kappa shape index (κ3) is 0.903. The summed E-state index contributed by atoms with van der Waals surface area (Å²) in [5.74, 6) is 0. The molecule has 0 amide bonds. The molecule has 0 saturated heterocycles. The molecule has 2 aliphatic rings. The Morgan fingerprint density at radius 3 is 1.75 bits per heavy atom. The Hall–Kier alpha value is -0.520. The van der Waals surface area contributed by atoms with E-state index in [0.717, 1.165) is 6.42 Å². The molecular weight excluding hydrogens is 144 g/mol. The van der Waals surface area contributed by atoms with Crippen molar-refractivity contribution >= 4 is 0 Å². The molecule has 0 atom stereocenters. The zero-order valence-corrected chi connectivity index (χ0v) is 8.57. The quantitative estimate of drug-likeness (QED) is 0.509. The van der Waals surface area contributed by atoms with Crippen molar-refractivity contribution in [3.63, 3.8) is 0 Å². The van der Waals surface area contributed by atoms with E-state index in [-0.39, 0.29) is 0 Å². The summed E-state index contributed by atoms with van der Waals surface area (Å²) in [5, 5.41) is 0. The van der Waals surface area contributed by atoms with Crippen molar-refractivity contribution in [1.82, 2.24) is 0 Å². The van der Waals surface area contributed by atoms with E-state index in [1.54, 1.807) is 11.1 Å². The van der Waals surface area contributed by atoms with Crippen LogP contribution >= 0.6 is 0 Å². The van der Waals surface area contributed by atoms with E-state index in [9.17, 15) is 0 Å². The molecule has 0 aliphatic heterocycles. The second-order valence-electron chi connectivity index (χ2n) is 5.42. The average Bonchev–Trinajstić information content (AvgIpc) is 2.34. The van der Waals surface area contributed by atoms with Crippen LogP contribution in [-0.2, 0) is 0 Å². The van der Waals surface area contributed by atoms with Crippen molar-refractivity contribution in [2.75, 3.05) is 0 Å². The van der Waals surface area contributed by atoms with Gasteiger partial charge >= 0.3 is 0 Å². The van der Waals surface area contributed by atoms with Gasteiger partial charge in [-0.1, -0.05) is 39.8 Å². The Labute approximate surface area is 75.4 Å². The van der Waals surface area contributed by atoms with Crippen LogP contribution < -0.4 is 0 Å². The second kappa shape index (κ2) is 2.04. The predicted octanol–water partition coefficient (Wildman–Crippen LogP) is 3.70. The first-order valence-electron chi connectivity index (χ1n) is 4.85. The molecule has 12 heavy (non-hydrogen) atoms. The minimum atomic E-state index is 0.422.